The molecule has 0 atom stereocenters. The van der Waals surface area contributed by atoms with Crippen molar-refractivity contribution in [2.45, 2.75) is 18.3 Å². The summed E-state index contributed by atoms with van der Waals surface area (Å²) in [5.41, 5.74) is -2.23. The topological polar surface area (TPSA) is 37.3 Å². The number of hydrogen-bond donors (Lipinski definition) is 1. The Morgan fingerprint density at radius 2 is 1.69 bits per heavy atom. The number of carbonyl (C=O) groups is 1. The number of rotatable bonds is 2. The van der Waals surface area contributed by atoms with E-state index in [9.17, 15) is 22.4 Å². The minimum Gasteiger partial charge on any atom is -0.481 e. The Labute approximate surface area is 87.5 Å². The van der Waals surface area contributed by atoms with Gasteiger partial charge in [-0.3, -0.25) is 4.79 Å². The van der Waals surface area contributed by atoms with Gasteiger partial charge in [0.25, 0.3) is 0 Å². The van der Waals surface area contributed by atoms with Crippen LogP contribution in [0.1, 0.15) is 18.4 Å². The van der Waals surface area contributed by atoms with E-state index in [0.717, 1.165) is 0 Å². The highest BCUT2D eigenvalue weighted by Crippen LogP contribution is 2.49. The monoisotopic (exact) mass is 234 g/mol. The van der Waals surface area contributed by atoms with Crippen molar-refractivity contribution in [3.05, 3.63) is 34.9 Å². The zero-order chi connectivity index (χ0) is 12.1. The summed E-state index contributed by atoms with van der Waals surface area (Å²) in [6.07, 6.45) is 0.174. The molecule has 1 aromatic rings. The number of aliphatic carboxylic acids is 1. The van der Waals surface area contributed by atoms with Crippen LogP contribution in [0.2, 0.25) is 0 Å². The first-order valence-electron chi connectivity index (χ1n) is 4.47. The standard InChI is InChI=1S/C10H6F4O2/c11-5-3-4(6(12)8(14)7(5)13)10(1-2-10)9(15)16/h3H,1-2H2,(H,15,16). The lowest BCUT2D eigenvalue weighted by atomic mass is 9.95. The molecule has 1 aliphatic rings. The van der Waals surface area contributed by atoms with Crippen molar-refractivity contribution in [1.29, 1.82) is 0 Å². The molecule has 6 heteroatoms. The van der Waals surface area contributed by atoms with Crippen LogP contribution in [0.25, 0.3) is 0 Å². The first-order chi connectivity index (χ1) is 7.40. The predicted octanol–water partition coefficient (Wildman–Crippen LogP) is 2.36. The Kier molecular flexibility index (Phi) is 2.18. The van der Waals surface area contributed by atoms with E-state index in [1.807, 2.05) is 0 Å². The van der Waals surface area contributed by atoms with Gasteiger partial charge < -0.3 is 5.11 Å². The molecule has 0 spiro atoms. The third-order valence-corrected chi connectivity index (χ3v) is 2.78. The van der Waals surface area contributed by atoms with Gasteiger partial charge in [0, 0.05) is 5.56 Å². The van der Waals surface area contributed by atoms with Crippen molar-refractivity contribution in [2.75, 3.05) is 0 Å². The number of benzene rings is 1. The first-order valence-corrected chi connectivity index (χ1v) is 4.47. The van der Waals surface area contributed by atoms with Gasteiger partial charge in [0.15, 0.2) is 23.3 Å². The molecule has 0 unspecified atom stereocenters. The van der Waals surface area contributed by atoms with Crippen molar-refractivity contribution in [3.8, 4) is 0 Å². The highest BCUT2D eigenvalue weighted by molar-refractivity contribution is 5.85. The molecule has 1 saturated carbocycles. The second kappa shape index (κ2) is 3.20. The second-order valence-corrected chi connectivity index (χ2v) is 3.74. The van der Waals surface area contributed by atoms with Gasteiger partial charge in [0.05, 0.1) is 5.41 Å². The smallest absolute Gasteiger partial charge is 0.314 e. The quantitative estimate of drug-likeness (QED) is 0.484. The molecule has 0 aromatic heterocycles. The molecule has 86 valence electrons. The summed E-state index contributed by atoms with van der Waals surface area (Å²) in [7, 11) is 0. The molecule has 0 amide bonds. The van der Waals surface area contributed by atoms with Crippen LogP contribution >= 0.6 is 0 Å². The Morgan fingerprint density at radius 3 is 2.12 bits per heavy atom. The van der Waals surface area contributed by atoms with Gasteiger partial charge in [0.1, 0.15) is 0 Å². The molecule has 2 rings (SSSR count). The maximum absolute atomic E-state index is 13.3. The fraction of sp³-hybridized carbons (Fsp3) is 0.300. The van der Waals surface area contributed by atoms with Crippen molar-refractivity contribution >= 4 is 5.97 Å². The lowest BCUT2D eigenvalue weighted by Gasteiger charge is -2.12. The fourth-order valence-electron chi connectivity index (χ4n) is 1.64. The predicted molar refractivity (Wildman–Crippen MR) is 44.8 cm³/mol. The number of halogens is 4. The van der Waals surface area contributed by atoms with E-state index < -0.39 is 40.2 Å². The Balaban J connectivity index is 2.63. The second-order valence-electron chi connectivity index (χ2n) is 3.74. The largest absolute Gasteiger partial charge is 0.481 e. The first kappa shape index (κ1) is 10.9. The SMILES string of the molecule is O=C(O)C1(c2cc(F)c(F)c(F)c2F)CC1. The molecule has 16 heavy (non-hydrogen) atoms. The number of carboxylic acids is 1. The number of hydrogen-bond acceptors (Lipinski definition) is 1. The third kappa shape index (κ3) is 1.29. The highest BCUT2D eigenvalue weighted by atomic mass is 19.2. The molecule has 1 N–H and O–H groups in total. The maximum atomic E-state index is 13.3. The van der Waals surface area contributed by atoms with Crippen LogP contribution in [0.15, 0.2) is 6.07 Å². The summed E-state index contributed by atoms with van der Waals surface area (Å²) < 4.78 is 51.7. The van der Waals surface area contributed by atoms with Crippen molar-refractivity contribution in [1.82, 2.24) is 0 Å². The van der Waals surface area contributed by atoms with E-state index in [4.69, 9.17) is 5.11 Å². The molecule has 1 fully saturated rings. The summed E-state index contributed by atoms with van der Waals surface area (Å²) in [6.45, 7) is 0. The maximum Gasteiger partial charge on any atom is 0.314 e. The van der Waals surface area contributed by atoms with Crippen molar-refractivity contribution < 1.29 is 27.5 Å². The Hall–Kier alpha value is -1.59. The zero-order valence-electron chi connectivity index (χ0n) is 7.86. The summed E-state index contributed by atoms with van der Waals surface area (Å²) in [6, 6.07) is 0.412. The molecule has 1 aliphatic carbocycles. The van der Waals surface area contributed by atoms with Gasteiger partial charge in [-0.15, -0.1) is 0 Å². The normalized spacial score (nSPS) is 17.2. The van der Waals surface area contributed by atoms with Gasteiger partial charge in [-0.25, -0.2) is 17.6 Å². The highest BCUT2D eigenvalue weighted by Gasteiger charge is 2.54. The molecular weight excluding hydrogens is 228 g/mol. The van der Waals surface area contributed by atoms with Gasteiger partial charge in [-0.05, 0) is 18.9 Å². The third-order valence-electron chi connectivity index (χ3n) is 2.78. The van der Waals surface area contributed by atoms with Gasteiger partial charge in [-0.2, -0.15) is 0 Å². The van der Waals surface area contributed by atoms with Crippen LogP contribution in [0.5, 0.6) is 0 Å². The van der Waals surface area contributed by atoms with E-state index in [-0.39, 0.29) is 12.8 Å². The van der Waals surface area contributed by atoms with E-state index in [1.165, 1.54) is 0 Å². The van der Waals surface area contributed by atoms with Gasteiger partial charge in [-0.1, -0.05) is 0 Å². The van der Waals surface area contributed by atoms with E-state index in [2.05, 4.69) is 0 Å². The summed E-state index contributed by atoms with van der Waals surface area (Å²) in [5, 5.41) is 8.83. The van der Waals surface area contributed by atoms with Gasteiger partial charge in [0.2, 0.25) is 0 Å². The van der Waals surface area contributed by atoms with Crippen LogP contribution in [0, 0.1) is 23.3 Å². The number of carboxylic acid groups (broad SMARTS) is 1. The molecule has 0 aliphatic heterocycles. The summed E-state index contributed by atoms with van der Waals surface area (Å²) in [5.74, 6) is -8.47. The summed E-state index contributed by atoms with van der Waals surface area (Å²) >= 11 is 0. The molecule has 0 heterocycles. The van der Waals surface area contributed by atoms with Crippen LogP contribution in [0.4, 0.5) is 17.6 Å². The Bertz CT molecular complexity index is 480. The van der Waals surface area contributed by atoms with E-state index in [1.54, 1.807) is 0 Å². The van der Waals surface area contributed by atoms with Gasteiger partial charge >= 0.3 is 5.97 Å². The lowest BCUT2D eigenvalue weighted by Crippen LogP contribution is -2.22. The molecule has 2 nitrogen and oxygen atoms in total. The minimum atomic E-state index is -1.97. The van der Waals surface area contributed by atoms with E-state index in [0.29, 0.717) is 6.07 Å². The Morgan fingerprint density at radius 1 is 1.12 bits per heavy atom. The van der Waals surface area contributed by atoms with Crippen LogP contribution < -0.4 is 0 Å². The van der Waals surface area contributed by atoms with Crippen LogP contribution in [-0.2, 0) is 10.2 Å². The minimum absolute atomic E-state index is 0.0871. The van der Waals surface area contributed by atoms with Crippen LogP contribution in [0.3, 0.4) is 0 Å². The molecule has 0 saturated heterocycles. The zero-order valence-corrected chi connectivity index (χ0v) is 7.86. The molecular formula is C10H6F4O2. The molecule has 1 aromatic carbocycles. The molecule has 0 bridgehead atoms. The van der Waals surface area contributed by atoms with Crippen molar-refractivity contribution in [2.24, 2.45) is 0 Å². The molecule has 0 radical (unpaired) electrons. The average Bonchev–Trinajstić information content (AvgIpc) is 3.01. The van der Waals surface area contributed by atoms with Crippen molar-refractivity contribution in [3.63, 3.8) is 0 Å². The lowest BCUT2D eigenvalue weighted by molar-refractivity contribution is -0.140. The van der Waals surface area contributed by atoms with E-state index >= 15 is 0 Å². The summed E-state index contributed by atoms with van der Waals surface area (Å²) in [4.78, 5) is 10.8. The average molecular weight is 234 g/mol. The fourth-order valence-corrected chi connectivity index (χ4v) is 1.64. The van der Waals surface area contributed by atoms with Crippen LogP contribution in [-0.4, -0.2) is 11.1 Å².